The Kier molecular flexibility index (Phi) is 6.28. The van der Waals surface area contributed by atoms with Gasteiger partial charge in [0.05, 0.1) is 11.8 Å². The minimum atomic E-state index is -0.201. The van der Waals surface area contributed by atoms with Crippen LogP contribution in [-0.4, -0.2) is 27.5 Å². The number of nitrogens with zero attached hydrogens (tertiary/aromatic N) is 2. The van der Waals surface area contributed by atoms with Crippen molar-refractivity contribution >= 4 is 40.4 Å². The van der Waals surface area contributed by atoms with Crippen LogP contribution < -0.4 is 10.6 Å². The molecule has 0 bridgehead atoms. The molecule has 1 unspecified atom stereocenters. The van der Waals surface area contributed by atoms with E-state index in [4.69, 9.17) is 4.42 Å². The molecule has 1 atom stereocenters. The van der Waals surface area contributed by atoms with Gasteiger partial charge >= 0.3 is 0 Å². The highest BCUT2D eigenvalue weighted by Gasteiger charge is 2.13. The van der Waals surface area contributed by atoms with E-state index in [0.717, 1.165) is 11.1 Å². The van der Waals surface area contributed by atoms with Crippen molar-refractivity contribution in [2.75, 3.05) is 11.1 Å². The second-order valence-corrected chi connectivity index (χ2v) is 7.76. The lowest BCUT2D eigenvalue weighted by Gasteiger charge is -2.14. The maximum Gasteiger partial charge on any atom is 0.257 e. The summed E-state index contributed by atoms with van der Waals surface area (Å²) in [6.45, 7) is 1.91. The number of fused-ring (bicyclic) bond motifs is 1. The lowest BCUT2D eigenvalue weighted by molar-refractivity contribution is -0.119. The van der Waals surface area contributed by atoms with Crippen molar-refractivity contribution in [3.63, 3.8) is 0 Å². The van der Waals surface area contributed by atoms with Gasteiger partial charge in [-0.3, -0.25) is 14.6 Å². The van der Waals surface area contributed by atoms with Gasteiger partial charge in [0.2, 0.25) is 5.91 Å². The summed E-state index contributed by atoms with van der Waals surface area (Å²) in [6.07, 6.45) is 3.15. The molecule has 2 N–H and O–H groups in total. The Bertz CT molecular complexity index is 1160. The summed E-state index contributed by atoms with van der Waals surface area (Å²) in [5, 5.41) is 6.27. The van der Waals surface area contributed by atoms with Gasteiger partial charge < -0.3 is 15.1 Å². The minimum absolute atomic E-state index is 0.116. The van der Waals surface area contributed by atoms with Gasteiger partial charge in [-0.1, -0.05) is 36.0 Å². The fourth-order valence-electron chi connectivity index (χ4n) is 2.97. The van der Waals surface area contributed by atoms with Crippen molar-refractivity contribution in [3.8, 4) is 0 Å². The van der Waals surface area contributed by atoms with Crippen LogP contribution in [0.5, 0.6) is 0 Å². The number of nitrogens with one attached hydrogen (secondary N) is 2. The van der Waals surface area contributed by atoms with Gasteiger partial charge in [0, 0.05) is 23.6 Å². The molecule has 156 valence electrons. The fourth-order valence-corrected chi connectivity index (χ4v) is 3.62. The molecule has 2 aromatic heterocycles. The topological polar surface area (TPSA) is 97.1 Å². The fraction of sp³-hybridized carbons (Fsp3) is 0.130. The Balaban J connectivity index is 1.29. The highest BCUT2D eigenvalue weighted by molar-refractivity contribution is 7.99. The summed E-state index contributed by atoms with van der Waals surface area (Å²) in [5.41, 5.74) is 3.62. The van der Waals surface area contributed by atoms with Crippen LogP contribution in [0.25, 0.3) is 11.1 Å². The molecule has 0 aliphatic carbocycles. The monoisotopic (exact) mass is 432 g/mol. The van der Waals surface area contributed by atoms with Crippen molar-refractivity contribution < 1.29 is 14.0 Å². The molecule has 0 fully saturated rings. The molecule has 7 nitrogen and oxygen atoms in total. The number of hydrogen-bond acceptors (Lipinski definition) is 6. The average molecular weight is 433 g/mol. The van der Waals surface area contributed by atoms with E-state index in [9.17, 15) is 9.59 Å². The van der Waals surface area contributed by atoms with Crippen molar-refractivity contribution in [2.24, 2.45) is 0 Å². The van der Waals surface area contributed by atoms with Crippen LogP contribution in [0.4, 0.5) is 5.69 Å². The summed E-state index contributed by atoms with van der Waals surface area (Å²) in [7, 11) is 0. The van der Waals surface area contributed by atoms with Crippen LogP contribution in [0.2, 0.25) is 0 Å². The van der Waals surface area contributed by atoms with Gasteiger partial charge in [-0.25, -0.2) is 4.98 Å². The normalized spacial score (nSPS) is 11.8. The third-order valence-corrected chi connectivity index (χ3v) is 5.42. The molecule has 2 aromatic carbocycles. The number of rotatable bonds is 7. The van der Waals surface area contributed by atoms with Crippen molar-refractivity contribution in [2.45, 2.75) is 18.2 Å². The Morgan fingerprint density at radius 1 is 1.03 bits per heavy atom. The zero-order valence-electron chi connectivity index (χ0n) is 16.7. The number of anilines is 1. The molecule has 2 amide bonds. The second-order valence-electron chi connectivity index (χ2n) is 6.84. The second kappa shape index (κ2) is 9.44. The Morgan fingerprint density at radius 3 is 2.52 bits per heavy atom. The minimum Gasteiger partial charge on any atom is -0.431 e. The smallest absolute Gasteiger partial charge is 0.257 e. The number of hydrogen-bond donors (Lipinski definition) is 2. The maximum absolute atomic E-state index is 12.3. The van der Waals surface area contributed by atoms with Crippen LogP contribution in [0.3, 0.4) is 0 Å². The zero-order valence-corrected chi connectivity index (χ0v) is 17.6. The molecule has 0 saturated carbocycles. The first-order valence-corrected chi connectivity index (χ1v) is 10.7. The van der Waals surface area contributed by atoms with E-state index in [1.165, 1.54) is 11.8 Å². The number of para-hydroxylation sites is 2. The first-order chi connectivity index (χ1) is 15.1. The number of carbonyl (C=O) groups is 2. The number of pyridine rings is 1. The predicted octanol–water partition coefficient (Wildman–Crippen LogP) is 4.44. The van der Waals surface area contributed by atoms with Crippen molar-refractivity contribution in [1.82, 2.24) is 15.3 Å². The summed E-state index contributed by atoms with van der Waals surface area (Å²) in [5.74, 6) is -0.111. The Labute approximate surface area is 183 Å². The van der Waals surface area contributed by atoms with E-state index in [0.29, 0.717) is 22.1 Å². The highest BCUT2D eigenvalue weighted by atomic mass is 32.2. The van der Waals surface area contributed by atoms with E-state index in [1.807, 2.05) is 55.5 Å². The molecule has 8 heteroatoms. The van der Waals surface area contributed by atoms with Crippen molar-refractivity contribution in [3.05, 3.63) is 84.2 Å². The molecule has 0 spiro atoms. The molecule has 4 rings (SSSR count). The molecule has 0 saturated heterocycles. The molecule has 0 aliphatic rings. The summed E-state index contributed by atoms with van der Waals surface area (Å²) < 4.78 is 5.62. The standard InChI is InChI=1S/C23H20N4O3S/c1-15(25-21(28)14-31-23-27-19-4-2-3-5-20(19)30-23)16-6-8-18(9-7-16)26-22(29)17-10-12-24-13-11-17/h2-13,15H,14H2,1H3,(H,25,28)(H,26,29). The molecular weight excluding hydrogens is 412 g/mol. The Morgan fingerprint density at radius 2 is 1.77 bits per heavy atom. The van der Waals surface area contributed by atoms with Gasteiger partial charge in [-0.05, 0) is 48.9 Å². The quantitative estimate of drug-likeness (QED) is 0.419. The van der Waals surface area contributed by atoms with Gasteiger partial charge in [0.1, 0.15) is 5.52 Å². The SMILES string of the molecule is CC(NC(=O)CSc1nc2ccccc2o1)c1ccc(NC(=O)c2ccncc2)cc1. The van der Waals surface area contributed by atoms with Gasteiger partial charge in [0.15, 0.2) is 5.58 Å². The number of amides is 2. The van der Waals surface area contributed by atoms with E-state index >= 15 is 0 Å². The average Bonchev–Trinajstić information content (AvgIpc) is 3.22. The molecule has 0 radical (unpaired) electrons. The van der Waals surface area contributed by atoms with E-state index in [2.05, 4.69) is 20.6 Å². The number of aromatic nitrogens is 2. The third kappa shape index (κ3) is 5.29. The molecular formula is C23H20N4O3S. The largest absolute Gasteiger partial charge is 0.431 e. The highest BCUT2D eigenvalue weighted by Crippen LogP contribution is 2.23. The van der Waals surface area contributed by atoms with Gasteiger partial charge in [0.25, 0.3) is 11.1 Å². The lowest BCUT2D eigenvalue weighted by Crippen LogP contribution is -2.28. The van der Waals surface area contributed by atoms with Crippen molar-refractivity contribution in [1.29, 1.82) is 0 Å². The molecule has 31 heavy (non-hydrogen) atoms. The number of oxazole rings is 1. The van der Waals surface area contributed by atoms with Gasteiger partial charge in [-0.15, -0.1) is 0 Å². The summed E-state index contributed by atoms with van der Waals surface area (Å²) in [6, 6.07) is 18.0. The Hall–Kier alpha value is -3.65. The van der Waals surface area contributed by atoms with Crippen LogP contribution in [0.1, 0.15) is 28.9 Å². The van der Waals surface area contributed by atoms with Crippen LogP contribution in [0, 0.1) is 0 Å². The first kappa shape index (κ1) is 20.6. The number of thioether (sulfide) groups is 1. The summed E-state index contributed by atoms with van der Waals surface area (Å²) in [4.78, 5) is 32.8. The maximum atomic E-state index is 12.3. The zero-order chi connectivity index (χ0) is 21.6. The van der Waals surface area contributed by atoms with Crippen LogP contribution in [-0.2, 0) is 4.79 Å². The van der Waals surface area contributed by atoms with E-state index < -0.39 is 0 Å². The van der Waals surface area contributed by atoms with Crippen LogP contribution in [0.15, 0.2) is 82.7 Å². The number of benzene rings is 2. The van der Waals surface area contributed by atoms with Crippen LogP contribution >= 0.6 is 11.8 Å². The molecule has 2 heterocycles. The molecule has 4 aromatic rings. The lowest BCUT2D eigenvalue weighted by atomic mass is 10.1. The summed E-state index contributed by atoms with van der Waals surface area (Å²) >= 11 is 1.26. The molecule has 0 aliphatic heterocycles. The van der Waals surface area contributed by atoms with Gasteiger partial charge in [-0.2, -0.15) is 0 Å². The third-order valence-electron chi connectivity index (χ3n) is 4.59. The predicted molar refractivity (Wildman–Crippen MR) is 120 cm³/mol. The first-order valence-electron chi connectivity index (χ1n) is 9.67. The van der Waals surface area contributed by atoms with E-state index in [1.54, 1.807) is 24.5 Å². The number of carbonyl (C=O) groups excluding carboxylic acids is 2. The van der Waals surface area contributed by atoms with E-state index in [-0.39, 0.29) is 23.6 Å².